The molecule has 0 spiro atoms. The lowest BCUT2D eigenvalue weighted by molar-refractivity contribution is 0.0617. The summed E-state index contributed by atoms with van der Waals surface area (Å²) in [4.78, 5) is 21.8. The van der Waals surface area contributed by atoms with Gasteiger partial charge in [-0.05, 0) is 30.3 Å². The molecule has 1 fully saturated rings. The molecule has 32 heavy (non-hydrogen) atoms. The lowest BCUT2D eigenvalue weighted by atomic mass is 10.1. The predicted octanol–water partition coefficient (Wildman–Crippen LogP) is 3.19. The van der Waals surface area contributed by atoms with Crippen LogP contribution in [0.5, 0.6) is 5.75 Å². The van der Waals surface area contributed by atoms with Crippen molar-refractivity contribution in [2.45, 2.75) is 6.54 Å². The van der Waals surface area contributed by atoms with Crippen LogP contribution >= 0.6 is 0 Å². The van der Waals surface area contributed by atoms with Crippen molar-refractivity contribution in [2.24, 2.45) is 7.05 Å². The number of para-hydroxylation sites is 1. The third kappa shape index (κ3) is 3.85. The Hall–Kier alpha value is -3.65. The van der Waals surface area contributed by atoms with Crippen LogP contribution in [0.2, 0.25) is 0 Å². The molecule has 1 aliphatic heterocycles. The highest BCUT2D eigenvalue weighted by atomic mass is 16.5. The number of benzene rings is 2. The van der Waals surface area contributed by atoms with Crippen LogP contribution in [0.3, 0.4) is 0 Å². The average Bonchev–Trinajstić information content (AvgIpc) is 3.44. The van der Waals surface area contributed by atoms with Crippen molar-refractivity contribution in [3.63, 3.8) is 0 Å². The summed E-state index contributed by atoms with van der Waals surface area (Å²) >= 11 is 0. The zero-order valence-electron chi connectivity index (χ0n) is 18.2. The van der Waals surface area contributed by atoms with Crippen LogP contribution in [0.1, 0.15) is 16.2 Å². The number of hydrogen-bond acceptors (Lipinski definition) is 6. The number of piperazine rings is 1. The van der Waals surface area contributed by atoms with Crippen molar-refractivity contribution in [2.75, 3.05) is 33.3 Å². The molecule has 1 aliphatic rings. The SMILES string of the molecule is COc1ccc(-c2noc(CN3CCN(C(=O)c4cn(C)c5ccccc45)CC3)n2)cc1. The van der Waals surface area contributed by atoms with E-state index in [1.807, 2.05) is 71.2 Å². The Morgan fingerprint density at radius 2 is 1.81 bits per heavy atom. The van der Waals surface area contributed by atoms with Gasteiger partial charge in [-0.25, -0.2) is 0 Å². The number of amides is 1. The minimum atomic E-state index is 0.0843. The first-order valence-corrected chi connectivity index (χ1v) is 10.6. The predicted molar refractivity (Wildman–Crippen MR) is 120 cm³/mol. The minimum Gasteiger partial charge on any atom is -0.497 e. The van der Waals surface area contributed by atoms with Crippen LogP contribution in [-0.4, -0.2) is 63.7 Å². The largest absolute Gasteiger partial charge is 0.497 e. The number of carbonyl (C=O) groups is 1. The van der Waals surface area contributed by atoms with Gasteiger partial charge in [-0.1, -0.05) is 23.4 Å². The van der Waals surface area contributed by atoms with Gasteiger partial charge in [0.05, 0.1) is 19.2 Å². The maximum Gasteiger partial charge on any atom is 0.256 e. The van der Waals surface area contributed by atoms with E-state index in [9.17, 15) is 4.79 Å². The molecule has 0 bridgehead atoms. The Balaban J connectivity index is 1.21. The van der Waals surface area contributed by atoms with E-state index >= 15 is 0 Å². The Morgan fingerprint density at radius 3 is 2.56 bits per heavy atom. The van der Waals surface area contributed by atoms with Crippen molar-refractivity contribution >= 4 is 16.8 Å². The first-order valence-electron chi connectivity index (χ1n) is 10.6. The molecule has 3 heterocycles. The van der Waals surface area contributed by atoms with E-state index in [1.54, 1.807) is 7.11 Å². The van der Waals surface area contributed by atoms with Crippen LogP contribution < -0.4 is 4.74 Å². The highest BCUT2D eigenvalue weighted by Gasteiger charge is 2.25. The fourth-order valence-electron chi connectivity index (χ4n) is 4.16. The third-order valence-corrected chi connectivity index (χ3v) is 5.96. The number of rotatable bonds is 5. The van der Waals surface area contributed by atoms with E-state index in [-0.39, 0.29) is 5.91 Å². The summed E-state index contributed by atoms with van der Waals surface area (Å²) in [6.07, 6.45) is 1.93. The molecule has 4 aromatic rings. The summed E-state index contributed by atoms with van der Waals surface area (Å²) in [7, 11) is 3.61. The molecule has 0 atom stereocenters. The molecule has 8 nitrogen and oxygen atoms in total. The summed E-state index contributed by atoms with van der Waals surface area (Å²) in [5.74, 6) is 2.01. The molecule has 1 saturated heterocycles. The van der Waals surface area contributed by atoms with Gasteiger partial charge in [-0.3, -0.25) is 9.69 Å². The van der Waals surface area contributed by atoms with Gasteiger partial charge in [0.25, 0.3) is 5.91 Å². The van der Waals surface area contributed by atoms with Crippen LogP contribution in [0.4, 0.5) is 0 Å². The zero-order chi connectivity index (χ0) is 22.1. The van der Waals surface area contributed by atoms with Crippen LogP contribution in [0.25, 0.3) is 22.3 Å². The number of nitrogens with zero attached hydrogens (tertiary/aromatic N) is 5. The van der Waals surface area contributed by atoms with Crippen molar-refractivity contribution < 1.29 is 14.1 Å². The standard InChI is InChI=1S/C24H25N5O3/c1-27-15-20(19-5-3-4-6-21(19)27)24(30)29-13-11-28(12-14-29)16-22-25-23(26-32-22)17-7-9-18(31-2)10-8-17/h3-10,15H,11-14,16H2,1-2H3. The molecular formula is C24H25N5O3. The van der Waals surface area contributed by atoms with Crippen molar-refractivity contribution in [3.8, 4) is 17.1 Å². The molecule has 164 valence electrons. The van der Waals surface area contributed by atoms with Gasteiger partial charge in [-0.2, -0.15) is 4.98 Å². The average molecular weight is 431 g/mol. The van der Waals surface area contributed by atoms with Crippen LogP contribution in [0.15, 0.2) is 59.3 Å². The van der Waals surface area contributed by atoms with Gasteiger partial charge >= 0.3 is 0 Å². The lowest BCUT2D eigenvalue weighted by Crippen LogP contribution is -2.48. The lowest BCUT2D eigenvalue weighted by Gasteiger charge is -2.33. The summed E-state index contributed by atoms with van der Waals surface area (Å²) in [5.41, 5.74) is 2.71. The second kappa shape index (κ2) is 8.47. The molecule has 0 unspecified atom stereocenters. The summed E-state index contributed by atoms with van der Waals surface area (Å²) < 4.78 is 12.7. The molecule has 2 aromatic heterocycles. The van der Waals surface area contributed by atoms with Crippen LogP contribution in [0, 0.1) is 0 Å². The first kappa shape index (κ1) is 20.3. The van der Waals surface area contributed by atoms with E-state index in [0.29, 0.717) is 31.3 Å². The number of methoxy groups -OCH3 is 1. The first-order chi connectivity index (χ1) is 15.6. The number of fused-ring (bicyclic) bond motifs is 1. The van der Waals surface area contributed by atoms with Crippen molar-refractivity contribution in [1.82, 2.24) is 24.5 Å². The fraction of sp³-hybridized carbons (Fsp3) is 0.292. The number of hydrogen-bond donors (Lipinski definition) is 0. The zero-order valence-corrected chi connectivity index (χ0v) is 18.2. The Morgan fingerprint density at radius 1 is 1.06 bits per heavy atom. The second-order valence-corrected chi connectivity index (χ2v) is 7.98. The highest BCUT2D eigenvalue weighted by Crippen LogP contribution is 2.23. The molecule has 8 heteroatoms. The molecule has 5 rings (SSSR count). The fourth-order valence-corrected chi connectivity index (χ4v) is 4.16. The van der Waals surface area contributed by atoms with Gasteiger partial charge in [0.2, 0.25) is 11.7 Å². The quantitative estimate of drug-likeness (QED) is 0.483. The molecule has 0 aliphatic carbocycles. The van der Waals surface area contributed by atoms with Crippen molar-refractivity contribution in [3.05, 3.63) is 66.2 Å². The number of carbonyl (C=O) groups excluding carboxylic acids is 1. The smallest absolute Gasteiger partial charge is 0.256 e. The van der Waals surface area contributed by atoms with Gasteiger partial charge in [0.1, 0.15) is 5.75 Å². The van der Waals surface area contributed by atoms with E-state index in [4.69, 9.17) is 9.26 Å². The topological polar surface area (TPSA) is 76.6 Å². The Bertz CT molecular complexity index is 1240. The van der Waals surface area contributed by atoms with Gasteiger partial charge in [0.15, 0.2) is 0 Å². The third-order valence-electron chi connectivity index (χ3n) is 5.96. The normalized spacial score (nSPS) is 14.8. The van der Waals surface area contributed by atoms with Gasteiger partial charge < -0.3 is 18.7 Å². The van der Waals surface area contributed by atoms with E-state index in [0.717, 1.165) is 40.9 Å². The summed E-state index contributed by atoms with van der Waals surface area (Å²) in [5, 5.41) is 5.10. The van der Waals surface area contributed by atoms with E-state index in [1.165, 1.54) is 0 Å². The Kier molecular flexibility index (Phi) is 5.36. The maximum absolute atomic E-state index is 13.1. The molecule has 1 amide bonds. The minimum absolute atomic E-state index is 0.0843. The molecule has 0 N–H and O–H groups in total. The number of aryl methyl sites for hydroxylation is 1. The van der Waals surface area contributed by atoms with Crippen LogP contribution in [-0.2, 0) is 13.6 Å². The number of ether oxygens (including phenoxy) is 1. The van der Waals surface area contributed by atoms with E-state index < -0.39 is 0 Å². The molecule has 2 aromatic carbocycles. The summed E-state index contributed by atoms with van der Waals surface area (Å²) in [6, 6.07) is 15.6. The molecule has 0 radical (unpaired) electrons. The highest BCUT2D eigenvalue weighted by molar-refractivity contribution is 6.07. The van der Waals surface area contributed by atoms with Gasteiger partial charge in [-0.15, -0.1) is 0 Å². The second-order valence-electron chi connectivity index (χ2n) is 7.98. The molecule has 0 saturated carbocycles. The maximum atomic E-state index is 13.1. The van der Waals surface area contributed by atoms with Gasteiger partial charge in [0, 0.05) is 55.9 Å². The van der Waals surface area contributed by atoms with E-state index in [2.05, 4.69) is 15.0 Å². The summed E-state index contributed by atoms with van der Waals surface area (Å²) in [6.45, 7) is 3.43. The Labute approximate surface area is 186 Å². The molecular weight excluding hydrogens is 406 g/mol. The monoisotopic (exact) mass is 431 g/mol. The number of aromatic nitrogens is 3. The van der Waals surface area contributed by atoms with Crippen molar-refractivity contribution in [1.29, 1.82) is 0 Å².